The van der Waals surface area contributed by atoms with Gasteiger partial charge in [-0.25, -0.2) is 18.6 Å². The molecule has 270 valence electrons. The zero-order valence-corrected chi connectivity index (χ0v) is 30.0. The summed E-state index contributed by atoms with van der Waals surface area (Å²) in [4.78, 5) is 47.3. The highest BCUT2D eigenvalue weighted by atomic mass is 19.3. The third kappa shape index (κ3) is 7.96. The molecular weight excluding hydrogens is 632 g/mol. The molecular formula is C38H53F2N3O6. The van der Waals surface area contributed by atoms with E-state index in [1.807, 2.05) is 27.7 Å². The van der Waals surface area contributed by atoms with Crippen molar-refractivity contribution in [3.63, 3.8) is 0 Å². The molecule has 5 rings (SSSR count). The van der Waals surface area contributed by atoms with Crippen LogP contribution in [0, 0.1) is 23.2 Å². The number of Topliss-reactive ketones (excluding diaryl/α,β-unsaturated/α-hetero) is 1. The van der Waals surface area contributed by atoms with Gasteiger partial charge in [-0.2, -0.15) is 0 Å². The van der Waals surface area contributed by atoms with E-state index >= 15 is 8.78 Å². The van der Waals surface area contributed by atoms with Crippen LogP contribution in [0.4, 0.5) is 13.6 Å². The van der Waals surface area contributed by atoms with Gasteiger partial charge < -0.3 is 24.4 Å². The summed E-state index contributed by atoms with van der Waals surface area (Å²) in [6.07, 6.45) is 3.49. The molecule has 7 atom stereocenters. The van der Waals surface area contributed by atoms with Crippen LogP contribution < -0.4 is 14.8 Å². The largest absolute Gasteiger partial charge is 0.497 e. The Kier molecular flexibility index (Phi) is 11.1. The second-order valence-electron chi connectivity index (χ2n) is 15.5. The smallest absolute Gasteiger partial charge is 0.408 e. The molecule has 9 nitrogen and oxygen atoms in total. The van der Waals surface area contributed by atoms with Crippen LogP contribution in [0.1, 0.15) is 105 Å². The van der Waals surface area contributed by atoms with Crippen LogP contribution in [-0.2, 0) is 20.2 Å². The Morgan fingerprint density at radius 2 is 1.82 bits per heavy atom. The number of alkyl carbamates (subject to hydrolysis) is 1. The van der Waals surface area contributed by atoms with Crippen molar-refractivity contribution in [2.75, 3.05) is 13.7 Å². The van der Waals surface area contributed by atoms with Crippen molar-refractivity contribution >= 4 is 28.7 Å². The molecule has 0 unspecified atom stereocenters. The minimum Gasteiger partial charge on any atom is -0.497 e. The van der Waals surface area contributed by atoms with Gasteiger partial charge in [0.2, 0.25) is 11.8 Å². The Morgan fingerprint density at radius 1 is 1.08 bits per heavy atom. The first-order chi connectivity index (χ1) is 23.1. The number of halogens is 2. The molecule has 1 saturated carbocycles. The van der Waals surface area contributed by atoms with Gasteiger partial charge in [-0.05, 0) is 74.5 Å². The van der Waals surface area contributed by atoms with E-state index in [1.54, 1.807) is 18.2 Å². The van der Waals surface area contributed by atoms with Gasteiger partial charge in [0.1, 0.15) is 24.0 Å². The van der Waals surface area contributed by atoms with E-state index in [2.05, 4.69) is 17.2 Å². The molecule has 1 saturated heterocycles. The monoisotopic (exact) mass is 685 g/mol. The fourth-order valence-corrected chi connectivity index (χ4v) is 8.16. The highest BCUT2D eigenvalue weighted by molar-refractivity contribution is 5.92. The molecule has 1 aliphatic carbocycles. The summed E-state index contributed by atoms with van der Waals surface area (Å²) in [5.41, 5.74) is -0.611. The van der Waals surface area contributed by atoms with Crippen LogP contribution in [0.15, 0.2) is 24.3 Å². The highest BCUT2D eigenvalue weighted by Gasteiger charge is 2.51. The number of hydrogen-bond acceptors (Lipinski definition) is 7. The second-order valence-corrected chi connectivity index (χ2v) is 15.5. The number of carbonyl (C=O) groups is 3. The number of fused-ring (bicyclic) bond motifs is 5. The van der Waals surface area contributed by atoms with Gasteiger partial charge in [0.15, 0.2) is 5.78 Å². The van der Waals surface area contributed by atoms with E-state index in [0.717, 1.165) is 32.1 Å². The average Bonchev–Trinajstić information content (AvgIpc) is 3.41. The van der Waals surface area contributed by atoms with Crippen molar-refractivity contribution in [1.29, 1.82) is 0 Å². The fraction of sp³-hybridized carbons (Fsp3) is 0.684. The van der Waals surface area contributed by atoms with Crippen molar-refractivity contribution in [2.45, 2.75) is 130 Å². The van der Waals surface area contributed by atoms with Crippen molar-refractivity contribution in [3.05, 3.63) is 29.8 Å². The first-order valence-corrected chi connectivity index (χ1v) is 18.0. The van der Waals surface area contributed by atoms with Gasteiger partial charge in [0, 0.05) is 23.8 Å². The van der Waals surface area contributed by atoms with Crippen molar-refractivity contribution in [2.24, 2.45) is 23.2 Å². The lowest BCUT2D eigenvalue weighted by Gasteiger charge is -2.38. The normalized spacial score (nSPS) is 30.1. The maximum absolute atomic E-state index is 16.3. The van der Waals surface area contributed by atoms with Crippen LogP contribution in [0.3, 0.4) is 0 Å². The van der Waals surface area contributed by atoms with Crippen molar-refractivity contribution in [3.8, 4) is 11.6 Å². The topological polar surface area (TPSA) is 107 Å². The molecule has 0 radical (unpaired) electrons. The summed E-state index contributed by atoms with van der Waals surface area (Å²) in [5, 5.41) is 3.41. The predicted molar refractivity (Wildman–Crippen MR) is 183 cm³/mol. The Hall–Kier alpha value is -3.50. The number of methoxy groups -OCH3 is 1. The Morgan fingerprint density at radius 3 is 2.49 bits per heavy atom. The third-order valence-corrected chi connectivity index (χ3v) is 10.9. The number of amides is 2. The van der Waals surface area contributed by atoms with Crippen molar-refractivity contribution in [1.82, 2.24) is 15.2 Å². The van der Waals surface area contributed by atoms with Gasteiger partial charge in [-0.15, -0.1) is 0 Å². The maximum Gasteiger partial charge on any atom is 0.408 e. The number of carbonyl (C=O) groups excluding carboxylic acids is 3. The number of nitrogens with zero attached hydrogens (tertiary/aromatic N) is 2. The standard InChI is InChI=1S/C38H53F2N3O6/c1-8-27-30-21-43(31(27)23(3)44)35(45)33(37(4,5)6)42-36(46)49-32-22(2)13-12-15-24(32)14-10-9-11-18-38(39,40)28-19-25-16-17-26(47-7)20-29(25)41-34(28)48-30/h16-17,19-20,22,24,27,30-33H,8-15,18,21H2,1-7H3,(H,42,46)/t22-,24-,27-,30+,31-,32-,33-/m1/s1. The zero-order valence-electron chi connectivity index (χ0n) is 30.0. The molecule has 49 heavy (non-hydrogen) atoms. The number of ketones is 1. The number of alkyl halides is 2. The summed E-state index contributed by atoms with van der Waals surface area (Å²) in [6.45, 7) is 10.9. The van der Waals surface area contributed by atoms with Gasteiger partial charge >= 0.3 is 6.09 Å². The fourth-order valence-electron chi connectivity index (χ4n) is 8.16. The number of rotatable bonds is 3. The van der Waals surface area contributed by atoms with Gasteiger partial charge in [0.25, 0.3) is 5.92 Å². The van der Waals surface area contributed by atoms with Crippen molar-refractivity contribution < 1.29 is 37.4 Å². The van der Waals surface area contributed by atoms with E-state index < -0.39 is 47.4 Å². The number of hydrogen-bond donors (Lipinski definition) is 1. The van der Waals surface area contributed by atoms with Gasteiger partial charge in [-0.3, -0.25) is 9.59 Å². The number of aromatic nitrogens is 1. The second kappa shape index (κ2) is 14.8. The first kappa shape index (κ1) is 36.8. The maximum atomic E-state index is 16.3. The summed E-state index contributed by atoms with van der Waals surface area (Å²) in [5.74, 6) is -3.87. The molecule has 3 heterocycles. The predicted octanol–water partition coefficient (Wildman–Crippen LogP) is 7.82. The molecule has 2 fully saturated rings. The first-order valence-electron chi connectivity index (χ1n) is 18.0. The van der Waals surface area contributed by atoms with E-state index in [0.29, 0.717) is 35.9 Å². The van der Waals surface area contributed by atoms with E-state index in [4.69, 9.17) is 14.2 Å². The molecule has 3 aliphatic rings. The highest BCUT2D eigenvalue weighted by Crippen LogP contribution is 2.43. The van der Waals surface area contributed by atoms with E-state index in [1.165, 1.54) is 25.0 Å². The third-order valence-electron chi connectivity index (χ3n) is 10.9. The zero-order chi connectivity index (χ0) is 35.7. The van der Waals surface area contributed by atoms with Gasteiger partial charge in [-0.1, -0.05) is 53.9 Å². The van der Waals surface area contributed by atoms with Crippen LogP contribution in [0.25, 0.3) is 10.9 Å². The molecule has 11 heteroatoms. The molecule has 2 amide bonds. The SMILES string of the molecule is CC[C@@H]1[C@@H]2CN(C(=O)[C@H](C(C)(C)C)NC(=O)O[C@H]3[C@H](CCCCCC(F)(F)c4cc5ccc(OC)cc5nc4O2)CCC[C@H]3C)[C@@H]1C(C)=O. The van der Waals surface area contributed by atoms with Crippen LogP contribution in [-0.4, -0.2) is 65.6 Å². The lowest BCUT2D eigenvalue weighted by molar-refractivity contribution is -0.141. The van der Waals surface area contributed by atoms with Gasteiger partial charge in [0.05, 0.1) is 30.8 Å². The molecule has 0 spiro atoms. The molecule has 1 aromatic heterocycles. The lowest BCUT2D eigenvalue weighted by atomic mass is 9.77. The quantitative estimate of drug-likeness (QED) is 0.351. The van der Waals surface area contributed by atoms with E-state index in [9.17, 15) is 14.4 Å². The molecule has 2 aromatic rings. The minimum absolute atomic E-state index is 0.0323. The summed E-state index contributed by atoms with van der Waals surface area (Å²) in [7, 11) is 1.52. The van der Waals surface area contributed by atoms with Crippen LogP contribution in [0.5, 0.6) is 11.6 Å². The summed E-state index contributed by atoms with van der Waals surface area (Å²) < 4.78 is 50.4. The molecule has 2 bridgehead atoms. The summed E-state index contributed by atoms with van der Waals surface area (Å²) >= 11 is 0. The number of nitrogens with one attached hydrogen (secondary N) is 1. The molecule has 1 N–H and O–H groups in total. The van der Waals surface area contributed by atoms with Crippen LogP contribution in [0.2, 0.25) is 0 Å². The average molecular weight is 686 g/mol. The number of benzene rings is 1. The van der Waals surface area contributed by atoms with E-state index in [-0.39, 0.29) is 48.1 Å². The Balaban J connectivity index is 1.59. The van der Waals surface area contributed by atoms with Crippen LogP contribution >= 0.6 is 0 Å². The Labute approximate surface area is 288 Å². The summed E-state index contributed by atoms with van der Waals surface area (Å²) in [6, 6.07) is 4.64. The number of pyridine rings is 1. The molecule has 2 aliphatic heterocycles. The number of ether oxygens (including phenoxy) is 3. The Bertz CT molecular complexity index is 1530. The minimum atomic E-state index is -3.24. The lowest BCUT2D eigenvalue weighted by Crippen LogP contribution is -2.57. The molecule has 1 aromatic carbocycles.